The highest BCUT2D eigenvalue weighted by Gasteiger charge is 2.23. The van der Waals surface area contributed by atoms with E-state index in [-0.39, 0.29) is 36.0 Å². The summed E-state index contributed by atoms with van der Waals surface area (Å²) in [5, 5.41) is 18.5. The predicted molar refractivity (Wildman–Crippen MR) is 80.7 cm³/mol. The van der Waals surface area contributed by atoms with Gasteiger partial charge in [-0.3, -0.25) is 4.79 Å². The first-order chi connectivity index (χ1) is 9.78. The molecule has 0 spiro atoms. The van der Waals surface area contributed by atoms with Gasteiger partial charge in [0.25, 0.3) is 4.96 Å². The first-order valence-corrected chi connectivity index (χ1v) is 7.31. The summed E-state index contributed by atoms with van der Waals surface area (Å²) in [5.41, 5.74) is -0.292. The molecule has 0 radical (unpaired) electrons. The van der Waals surface area contributed by atoms with Crippen LogP contribution in [0.25, 0.3) is 4.96 Å². The second-order valence-electron chi connectivity index (χ2n) is 5.57. The minimum Gasteiger partial charge on any atom is -0.362 e. The molecule has 1 amide bonds. The maximum absolute atomic E-state index is 11.7. The van der Waals surface area contributed by atoms with E-state index in [1.807, 2.05) is 20.8 Å². The number of aromatic nitrogens is 2. The minimum absolute atomic E-state index is 0.109. The van der Waals surface area contributed by atoms with Crippen LogP contribution in [0.2, 0.25) is 0 Å². The second-order valence-corrected chi connectivity index (χ2v) is 6.44. The van der Waals surface area contributed by atoms with E-state index in [4.69, 9.17) is 0 Å². The van der Waals surface area contributed by atoms with Gasteiger partial charge in [0.15, 0.2) is 0 Å². The Hall–Kier alpha value is -2.16. The maximum Gasteiger partial charge on any atom is 0.372 e. The molecule has 2 aromatic rings. The van der Waals surface area contributed by atoms with Gasteiger partial charge in [0, 0.05) is 23.9 Å². The molecule has 0 aliphatic rings. The number of rotatable bonds is 5. The molecule has 0 unspecified atom stereocenters. The third-order valence-corrected chi connectivity index (χ3v) is 3.33. The molecule has 2 N–H and O–H groups in total. The number of thiazole rings is 1. The Balaban J connectivity index is 2.01. The van der Waals surface area contributed by atoms with E-state index in [2.05, 4.69) is 15.6 Å². The minimum atomic E-state index is -0.482. The van der Waals surface area contributed by atoms with Gasteiger partial charge in [-0.05, 0) is 25.7 Å². The number of nitro groups is 1. The Morgan fingerprint density at radius 3 is 2.86 bits per heavy atom. The van der Waals surface area contributed by atoms with Crippen molar-refractivity contribution >= 4 is 33.8 Å². The van der Waals surface area contributed by atoms with E-state index in [0.29, 0.717) is 4.96 Å². The summed E-state index contributed by atoms with van der Waals surface area (Å²) in [5.74, 6) is -0.0310. The van der Waals surface area contributed by atoms with Crippen LogP contribution in [0.3, 0.4) is 0 Å². The Morgan fingerprint density at radius 2 is 2.24 bits per heavy atom. The number of amides is 1. The monoisotopic (exact) mass is 311 g/mol. The molecule has 0 atom stereocenters. The van der Waals surface area contributed by atoms with Crippen LogP contribution in [0.1, 0.15) is 27.2 Å². The number of nitrogens with zero attached hydrogens (tertiary/aromatic N) is 3. The highest BCUT2D eigenvalue weighted by molar-refractivity contribution is 7.15. The molecule has 0 bridgehead atoms. The van der Waals surface area contributed by atoms with Crippen LogP contribution >= 0.6 is 11.3 Å². The Labute approximate surface area is 125 Å². The summed E-state index contributed by atoms with van der Waals surface area (Å²) < 4.78 is 1.42. The van der Waals surface area contributed by atoms with Gasteiger partial charge in [0.2, 0.25) is 11.7 Å². The molecule has 2 heterocycles. The molecular weight excluding hydrogens is 294 g/mol. The summed E-state index contributed by atoms with van der Waals surface area (Å²) >= 11 is 1.32. The van der Waals surface area contributed by atoms with Gasteiger partial charge >= 0.3 is 5.82 Å². The molecule has 0 aliphatic heterocycles. The van der Waals surface area contributed by atoms with Gasteiger partial charge in [-0.15, -0.1) is 0 Å². The molecule has 114 valence electrons. The number of anilines is 1. The fourth-order valence-corrected chi connectivity index (χ4v) is 2.55. The lowest BCUT2D eigenvalue weighted by molar-refractivity contribution is -0.389. The molecule has 2 aromatic heterocycles. The van der Waals surface area contributed by atoms with E-state index < -0.39 is 4.92 Å². The molecular formula is C12H17N5O3S. The van der Waals surface area contributed by atoms with Crippen LogP contribution in [-0.2, 0) is 4.79 Å². The van der Waals surface area contributed by atoms with Crippen molar-refractivity contribution in [2.75, 3.05) is 11.9 Å². The summed E-state index contributed by atoms with van der Waals surface area (Å²) in [6.07, 6.45) is 1.82. The van der Waals surface area contributed by atoms with Crippen molar-refractivity contribution in [3.8, 4) is 0 Å². The molecule has 2 rings (SSSR count). The van der Waals surface area contributed by atoms with Gasteiger partial charge in [-0.25, -0.2) is 0 Å². The number of fused-ring (bicyclic) bond motifs is 1. The van der Waals surface area contributed by atoms with E-state index in [9.17, 15) is 14.9 Å². The quantitative estimate of drug-likeness (QED) is 0.649. The van der Waals surface area contributed by atoms with Gasteiger partial charge in [-0.2, -0.15) is 9.38 Å². The molecule has 0 fully saturated rings. The van der Waals surface area contributed by atoms with Crippen LogP contribution in [0, 0.1) is 10.1 Å². The van der Waals surface area contributed by atoms with Crippen molar-refractivity contribution in [2.24, 2.45) is 0 Å². The lowest BCUT2D eigenvalue weighted by Gasteiger charge is -2.20. The fourth-order valence-electron chi connectivity index (χ4n) is 1.84. The topological polar surface area (TPSA) is 102 Å². The van der Waals surface area contributed by atoms with Gasteiger partial charge < -0.3 is 20.7 Å². The van der Waals surface area contributed by atoms with Crippen molar-refractivity contribution in [2.45, 2.75) is 32.7 Å². The van der Waals surface area contributed by atoms with Crippen LogP contribution in [0.15, 0.2) is 11.6 Å². The summed E-state index contributed by atoms with van der Waals surface area (Å²) in [4.78, 5) is 27.0. The number of hydrogen-bond donors (Lipinski definition) is 2. The van der Waals surface area contributed by atoms with E-state index in [1.54, 1.807) is 11.6 Å². The lowest BCUT2D eigenvalue weighted by atomic mass is 10.1. The summed E-state index contributed by atoms with van der Waals surface area (Å²) in [6.45, 7) is 5.97. The van der Waals surface area contributed by atoms with Gasteiger partial charge in [-0.1, -0.05) is 11.3 Å². The Morgan fingerprint density at radius 1 is 1.52 bits per heavy atom. The first kappa shape index (κ1) is 15.2. The third-order valence-electron chi connectivity index (χ3n) is 2.57. The van der Waals surface area contributed by atoms with E-state index >= 15 is 0 Å². The second kappa shape index (κ2) is 5.68. The van der Waals surface area contributed by atoms with E-state index in [1.165, 1.54) is 15.7 Å². The van der Waals surface area contributed by atoms with E-state index in [0.717, 1.165) is 0 Å². The maximum atomic E-state index is 11.7. The van der Waals surface area contributed by atoms with Crippen molar-refractivity contribution in [1.29, 1.82) is 0 Å². The standard InChI is InChI=1S/C12H17N5O3S/c1-12(2,3)15-8(18)4-5-13-9-10(17(19)20)16-6-7-21-11(16)14-9/h6-7,13H,4-5H2,1-3H3,(H,15,18). The fraction of sp³-hybridized carbons (Fsp3) is 0.500. The molecule has 0 saturated carbocycles. The number of nitrogens with one attached hydrogen (secondary N) is 2. The highest BCUT2D eigenvalue weighted by atomic mass is 32.1. The van der Waals surface area contributed by atoms with Crippen molar-refractivity contribution < 1.29 is 9.72 Å². The van der Waals surface area contributed by atoms with Gasteiger partial charge in [0.1, 0.15) is 6.20 Å². The molecule has 0 saturated heterocycles. The molecule has 9 heteroatoms. The van der Waals surface area contributed by atoms with Crippen LogP contribution in [-0.4, -0.2) is 32.3 Å². The molecule has 8 nitrogen and oxygen atoms in total. The van der Waals surface area contributed by atoms with Crippen molar-refractivity contribution in [3.63, 3.8) is 0 Å². The normalized spacial score (nSPS) is 11.6. The van der Waals surface area contributed by atoms with Crippen molar-refractivity contribution in [1.82, 2.24) is 14.7 Å². The Kier molecular flexibility index (Phi) is 4.12. The number of carbonyl (C=O) groups excluding carboxylic acids is 1. The number of hydrogen-bond acceptors (Lipinski definition) is 6. The largest absolute Gasteiger partial charge is 0.372 e. The molecule has 0 aromatic carbocycles. The average Bonchev–Trinajstić information content (AvgIpc) is 2.85. The number of imidazole rings is 1. The van der Waals surface area contributed by atoms with Crippen LogP contribution in [0.5, 0.6) is 0 Å². The zero-order valence-corrected chi connectivity index (χ0v) is 12.9. The smallest absolute Gasteiger partial charge is 0.362 e. The lowest BCUT2D eigenvalue weighted by Crippen LogP contribution is -2.41. The van der Waals surface area contributed by atoms with Gasteiger partial charge in [0.05, 0.1) is 0 Å². The SMILES string of the molecule is CC(C)(C)NC(=O)CCNc1nc2sccn2c1[N+](=O)[O-]. The summed E-state index contributed by atoms with van der Waals surface area (Å²) in [6, 6.07) is 0. The summed E-state index contributed by atoms with van der Waals surface area (Å²) in [7, 11) is 0. The molecule has 21 heavy (non-hydrogen) atoms. The van der Waals surface area contributed by atoms with Crippen molar-refractivity contribution in [3.05, 3.63) is 21.7 Å². The molecule has 0 aliphatic carbocycles. The van der Waals surface area contributed by atoms with Crippen LogP contribution < -0.4 is 10.6 Å². The Bertz CT molecular complexity index is 670. The number of carbonyl (C=O) groups is 1. The zero-order chi connectivity index (χ0) is 15.6. The third kappa shape index (κ3) is 3.69. The highest BCUT2D eigenvalue weighted by Crippen LogP contribution is 2.27. The predicted octanol–water partition coefficient (Wildman–Crippen LogP) is 2.02. The first-order valence-electron chi connectivity index (χ1n) is 6.43. The average molecular weight is 311 g/mol. The van der Waals surface area contributed by atoms with Crippen LogP contribution in [0.4, 0.5) is 11.6 Å². The zero-order valence-electron chi connectivity index (χ0n) is 12.0.